The summed E-state index contributed by atoms with van der Waals surface area (Å²) in [6.07, 6.45) is 8.77. The fraction of sp³-hybridized carbons (Fsp3) is 0.645. The Morgan fingerprint density at radius 1 is 1.20 bits per heavy atom. The number of hydrogen-bond acceptors (Lipinski definition) is 5. The standard InChI is InChI=1S/C31H47N5O4/c1-6-7-15-34(16-8-18-36(3,4)5)29(37)22-35-21-25(23-9-11-27-24(20-23)13-19-40-27)30(31(38)39)26(35)10-12-28-32-14-17-33(28)2/h9,11,14,17,20,25-26,30H,6-8,10,12-13,15-16,18-19,21-22H2,1-5H3/p+1/t25-,26+,30?/m1/s1. The average molecular weight is 555 g/mol. The average Bonchev–Trinajstić information content (AvgIpc) is 3.62. The molecule has 0 saturated carbocycles. The predicted octanol–water partition coefficient (Wildman–Crippen LogP) is 3.18. The van der Waals surface area contributed by atoms with Gasteiger partial charge in [0.15, 0.2) is 0 Å². The van der Waals surface area contributed by atoms with Crippen LogP contribution < -0.4 is 4.74 Å². The number of aryl methyl sites for hydroxylation is 2. The Hall–Kier alpha value is -2.91. The molecule has 9 nitrogen and oxygen atoms in total. The van der Waals surface area contributed by atoms with Crippen LogP contribution in [0.15, 0.2) is 30.6 Å². The molecule has 3 heterocycles. The highest BCUT2D eigenvalue weighted by Crippen LogP contribution is 2.41. The van der Waals surface area contributed by atoms with Crippen molar-refractivity contribution in [2.24, 2.45) is 13.0 Å². The molecule has 1 saturated heterocycles. The highest BCUT2D eigenvalue weighted by atomic mass is 16.5. The summed E-state index contributed by atoms with van der Waals surface area (Å²) in [5.74, 6) is 0.336. The van der Waals surface area contributed by atoms with Gasteiger partial charge in [-0.2, -0.15) is 0 Å². The van der Waals surface area contributed by atoms with Crippen molar-refractivity contribution in [3.05, 3.63) is 47.5 Å². The maximum Gasteiger partial charge on any atom is 0.308 e. The van der Waals surface area contributed by atoms with Crippen molar-refractivity contribution in [3.8, 4) is 5.75 Å². The Kier molecular flexibility index (Phi) is 9.90. The number of likely N-dealkylation sites (tertiary alicyclic amines) is 1. The van der Waals surface area contributed by atoms with Gasteiger partial charge in [-0.3, -0.25) is 14.5 Å². The zero-order valence-corrected chi connectivity index (χ0v) is 25.0. The van der Waals surface area contributed by atoms with Crippen molar-refractivity contribution in [1.29, 1.82) is 0 Å². The zero-order valence-electron chi connectivity index (χ0n) is 25.0. The van der Waals surface area contributed by atoms with Gasteiger partial charge in [0.05, 0.1) is 46.8 Å². The van der Waals surface area contributed by atoms with Gasteiger partial charge in [-0.05, 0) is 30.0 Å². The second-order valence-electron chi connectivity index (χ2n) is 12.5. The Balaban J connectivity index is 1.57. The molecule has 0 radical (unpaired) electrons. The van der Waals surface area contributed by atoms with Crippen LogP contribution in [0.2, 0.25) is 0 Å². The lowest BCUT2D eigenvalue weighted by molar-refractivity contribution is -0.870. The Morgan fingerprint density at radius 3 is 2.65 bits per heavy atom. The Labute approximate surface area is 239 Å². The van der Waals surface area contributed by atoms with E-state index in [-0.39, 0.29) is 24.4 Å². The summed E-state index contributed by atoms with van der Waals surface area (Å²) in [6, 6.07) is 5.87. The predicted molar refractivity (Wildman–Crippen MR) is 155 cm³/mol. The van der Waals surface area contributed by atoms with Gasteiger partial charge in [0.25, 0.3) is 0 Å². The summed E-state index contributed by atoms with van der Waals surface area (Å²) in [7, 11) is 8.48. The maximum absolute atomic E-state index is 13.8. The summed E-state index contributed by atoms with van der Waals surface area (Å²) < 4.78 is 8.55. The second kappa shape index (κ2) is 13.2. The monoisotopic (exact) mass is 554 g/mol. The van der Waals surface area contributed by atoms with E-state index < -0.39 is 11.9 Å². The van der Waals surface area contributed by atoms with Crippen molar-refractivity contribution in [1.82, 2.24) is 19.4 Å². The molecule has 1 aromatic carbocycles. The summed E-state index contributed by atoms with van der Waals surface area (Å²) >= 11 is 0. The molecular formula is C31H48N5O4+. The minimum Gasteiger partial charge on any atom is -0.493 e. The number of aliphatic carboxylic acids is 1. The van der Waals surface area contributed by atoms with E-state index in [1.165, 1.54) is 0 Å². The number of unbranched alkanes of at least 4 members (excludes halogenated alkanes) is 1. The molecular weight excluding hydrogens is 506 g/mol. The van der Waals surface area contributed by atoms with E-state index in [0.29, 0.717) is 26.0 Å². The third-order valence-corrected chi connectivity index (χ3v) is 8.49. The largest absolute Gasteiger partial charge is 0.493 e. The van der Waals surface area contributed by atoms with Crippen LogP contribution in [0.5, 0.6) is 5.75 Å². The van der Waals surface area contributed by atoms with Gasteiger partial charge in [0, 0.05) is 70.3 Å². The molecule has 2 aromatic rings. The quantitative estimate of drug-likeness (QED) is 0.361. The van der Waals surface area contributed by atoms with Crippen LogP contribution >= 0.6 is 0 Å². The first kappa shape index (κ1) is 30.1. The van der Waals surface area contributed by atoms with E-state index in [1.807, 2.05) is 34.8 Å². The highest BCUT2D eigenvalue weighted by molar-refractivity contribution is 5.79. The molecule has 1 fully saturated rings. The van der Waals surface area contributed by atoms with E-state index in [1.54, 1.807) is 6.20 Å². The van der Waals surface area contributed by atoms with E-state index in [9.17, 15) is 14.7 Å². The first-order chi connectivity index (χ1) is 19.1. The van der Waals surface area contributed by atoms with Gasteiger partial charge < -0.3 is 23.8 Å². The smallest absolute Gasteiger partial charge is 0.308 e. The topological polar surface area (TPSA) is 87.9 Å². The van der Waals surface area contributed by atoms with Crippen molar-refractivity contribution < 1.29 is 23.9 Å². The normalized spacial score (nSPS) is 20.9. The number of carboxylic acid groups (broad SMARTS) is 1. The van der Waals surface area contributed by atoms with Crippen LogP contribution in [0.1, 0.15) is 55.5 Å². The van der Waals surface area contributed by atoms with Crippen molar-refractivity contribution >= 4 is 11.9 Å². The first-order valence-corrected chi connectivity index (χ1v) is 14.8. The number of amides is 1. The first-order valence-electron chi connectivity index (χ1n) is 14.8. The number of nitrogens with zero attached hydrogens (tertiary/aromatic N) is 5. The number of rotatable bonds is 14. The fourth-order valence-corrected chi connectivity index (χ4v) is 6.26. The van der Waals surface area contributed by atoms with Crippen LogP contribution in [-0.4, -0.2) is 107 Å². The van der Waals surface area contributed by atoms with Gasteiger partial charge in [-0.25, -0.2) is 4.98 Å². The molecule has 1 amide bonds. The minimum atomic E-state index is -0.799. The number of quaternary nitrogens is 1. The minimum absolute atomic E-state index is 0.101. The number of hydrogen-bond donors (Lipinski definition) is 1. The lowest BCUT2D eigenvalue weighted by atomic mass is 9.83. The van der Waals surface area contributed by atoms with Gasteiger partial charge in [0.1, 0.15) is 11.6 Å². The lowest BCUT2D eigenvalue weighted by Gasteiger charge is -2.30. The van der Waals surface area contributed by atoms with E-state index in [0.717, 1.165) is 72.5 Å². The van der Waals surface area contributed by atoms with Gasteiger partial charge in [-0.15, -0.1) is 0 Å². The number of imidazole rings is 1. The SMILES string of the molecule is CCCCN(CCC[N+](C)(C)C)C(=O)CN1C[C@H](c2ccc3c(c2)CCO3)C(C(=O)O)[C@@H]1CCc1nccn1C. The third-order valence-electron chi connectivity index (χ3n) is 8.49. The molecule has 3 atom stereocenters. The molecule has 2 aliphatic rings. The molecule has 9 heteroatoms. The molecule has 1 N–H and O–H groups in total. The van der Waals surface area contributed by atoms with Crippen molar-refractivity contribution in [2.45, 2.75) is 57.4 Å². The number of fused-ring (bicyclic) bond motifs is 1. The molecule has 0 spiro atoms. The molecule has 0 bridgehead atoms. The van der Waals surface area contributed by atoms with Crippen LogP contribution in [0, 0.1) is 5.92 Å². The van der Waals surface area contributed by atoms with E-state index in [4.69, 9.17) is 4.74 Å². The molecule has 1 unspecified atom stereocenters. The van der Waals surface area contributed by atoms with Crippen LogP contribution in [0.25, 0.3) is 0 Å². The third kappa shape index (κ3) is 7.43. The molecule has 1 aromatic heterocycles. The Bertz CT molecular complexity index is 1160. The van der Waals surface area contributed by atoms with Gasteiger partial charge >= 0.3 is 5.97 Å². The molecule has 4 rings (SSSR count). The number of carbonyl (C=O) groups is 2. The summed E-state index contributed by atoms with van der Waals surface area (Å²) in [5, 5.41) is 10.5. The zero-order chi connectivity index (χ0) is 28.9. The van der Waals surface area contributed by atoms with Crippen LogP contribution in [0.3, 0.4) is 0 Å². The number of benzene rings is 1. The van der Waals surface area contributed by atoms with Crippen LogP contribution in [-0.2, 0) is 29.5 Å². The van der Waals surface area contributed by atoms with E-state index >= 15 is 0 Å². The number of ether oxygens (including phenoxy) is 1. The summed E-state index contributed by atoms with van der Waals surface area (Å²) in [6.45, 7) is 6.08. The molecule has 2 aliphatic heterocycles. The molecule has 40 heavy (non-hydrogen) atoms. The van der Waals surface area contributed by atoms with Crippen molar-refractivity contribution in [2.75, 3.05) is 60.5 Å². The second-order valence-corrected chi connectivity index (χ2v) is 12.5. The number of carbonyl (C=O) groups excluding carboxylic acids is 1. The van der Waals surface area contributed by atoms with Gasteiger partial charge in [-0.1, -0.05) is 25.5 Å². The summed E-state index contributed by atoms with van der Waals surface area (Å²) in [4.78, 5) is 35.2. The highest BCUT2D eigenvalue weighted by Gasteiger charge is 2.47. The lowest BCUT2D eigenvalue weighted by Crippen LogP contribution is -2.45. The summed E-state index contributed by atoms with van der Waals surface area (Å²) in [5.41, 5.74) is 2.17. The Morgan fingerprint density at radius 2 is 1.98 bits per heavy atom. The van der Waals surface area contributed by atoms with Gasteiger partial charge in [0.2, 0.25) is 5.91 Å². The van der Waals surface area contributed by atoms with Crippen LogP contribution in [0.4, 0.5) is 0 Å². The van der Waals surface area contributed by atoms with Crippen molar-refractivity contribution in [3.63, 3.8) is 0 Å². The molecule has 220 valence electrons. The fourth-order valence-electron chi connectivity index (χ4n) is 6.26. The maximum atomic E-state index is 13.8. The van der Waals surface area contributed by atoms with E-state index in [2.05, 4.69) is 44.0 Å². The number of aromatic nitrogens is 2. The molecule has 0 aliphatic carbocycles. The number of carboxylic acids is 1.